The van der Waals surface area contributed by atoms with Gasteiger partial charge in [-0.15, -0.1) is 0 Å². The van der Waals surface area contributed by atoms with Gasteiger partial charge in [-0.2, -0.15) is 0 Å². The second-order valence-electron chi connectivity index (χ2n) is 14.0. The van der Waals surface area contributed by atoms with Gasteiger partial charge in [0.25, 0.3) is 0 Å². The molecule has 280 valence electrons. The van der Waals surface area contributed by atoms with Crippen molar-refractivity contribution >= 4 is 53.6 Å². The Bertz CT molecular complexity index is 1750. The summed E-state index contributed by atoms with van der Waals surface area (Å²) < 4.78 is 15.0. The van der Waals surface area contributed by atoms with E-state index in [1.807, 2.05) is 36.5 Å². The summed E-state index contributed by atoms with van der Waals surface area (Å²) in [5, 5.41) is 3.65. The van der Waals surface area contributed by atoms with Crippen molar-refractivity contribution in [3.63, 3.8) is 0 Å². The molecule has 4 fully saturated rings. The molecule has 0 radical (unpaired) electrons. The average molecular weight is 904 g/mol. The maximum atomic E-state index is 6.63. The number of ether oxygens (including phenoxy) is 2. The molecule has 2 spiro atoms. The summed E-state index contributed by atoms with van der Waals surface area (Å²) in [6.07, 6.45) is 15.8. The van der Waals surface area contributed by atoms with Gasteiger partial charge >= 0.3 is 0 Å². The minimum Gasteiger partial charge on any atom is -0.485 e. The second kappa shape index (κ2) is 16.4. The van der Waals surface area contributed by atoms with Crippen molar-refractivity contribution in [2.24, 2.45) is 11.5 Å². The summed E-state index contributed by atoms with van der Waals surface area (Å²) in [7, 11) is 0. The van der Waals surface area contributed by atoms with Crippen LogP contribution in [0.2, 0.25) is 0 Å². The lowest BCUT2D eigenvalue weighted by Crippen LogP contribution is -2.56. The van der Waals surface area contributed by atoms with Gasteiger partial charge in [-0.3, -0.25) is 0 Å². The van der Waals surface area contributed by atoms with Gasteiger partial charge < -0.3 is 31.2 Å². The molecule has 0 amide bonds. The summed E-state index contributed by atoms with van der Waals surface area (Å²) in [5.41, 5.74) is 15.0. The van der Waals surface area contributed by atoms with Crippen molar-refractivity contribution in [2.45, 2.75) is 121 Å². The normalized spacial score (nSPS) is 30.8. The number of hydrogen-bond donors (Lipinski definition) is 3. The van der Waals surface area contributed by atoms with E-state index in [2.05, 4.69) is 96.1 Å². The first-order valence-electron chi connectivity index (χ1n) is 16.9. The van der Waals surface area contributed by atoms with Crippen molar-refractivity contribution in [1.29, 1.82) is 0 Å². The van der Waals surface area contributed by atoms with Crippen molar-refractivity contribution in [3.8, 4) is 11.5 Å². The minimum absolute atomic E-state index is 0. The Labute approximate surface area is 333 Å². The summed E-state index contributed by atoms with van der Waals surface area (Å²) in [5.74, 6) is 2.92. The number of nitrogens with zero attached hydrogens (tertiary/aromatic N) is 5. The molecule has 52 heavy (non-hydrogen) atoms. The lowest BCUT2D eigenvalue weighted by molar-refractivity contribution is 0.0183. The molecule has 10 rings (SSSR count). The maximum absolute atomic E-state index is 6.63. The van der Waals surface area contributed by atoms with Gasteiger partial charge in [0.1, 0.15) is 42.3 Å². The zero-order valence-corrected chi connectivity index (χ0v) is 31.6. The van der Waals surface area contributed by atoms with Crippen molar-refractivity contribution < 1.29 is 9.47 Å². The van der Waals surface area contributed by atoms with Crippen LogP contribution in [0.4, 0.5) is 5.82 Å². The molecular weight excluding hydrogens is 852 g/mol. The largest absolute Gasteiger partial charge is 0.485 e. The fourth-order valence-corrected chi connectivity index (χ4v) is 9.58. The fourth-order valence-electron chi connectivity index (χ4n) is 8.96. The number of nitrogens with two attached hydrogens (primary N) is 2. The Hall–Kier alpha value is -2.68. The Morgan fingerprint density at radius 1 is 0.596 bits per heavy atom. The summed E-state index contributed by atoms with van der Waals surface area (Å²) in [6, 6.07) is 18.5. The first-order chi connectivity index (χ1) is 23.7. The van der Waals surface area contributed by atoms with Gasteiger partial charge in [0.2, 0.25) is 0 Å². The Morgan fingerprint density at radius 3 is 1.44 bits per heavy atom. The Kier molecular flexibility index (Phi) is 12.7. The predicted molar refractivity (Wildman–Crippen MR) is 219 cm³/mol. The van der Waals surface area contributed by atoms with E-state index in [0.29, 0.717) is 24.2 Å². The van der Waals surface area contributed by atoms with Crippen LogP contribution in [0.15, 0.2) is 87.1 Å². The maximum Gasteiger partial charge on any atom is 0.147 e. The number of fused-ring (bicyclic) bond motifs is 6. The van der Waals surface area contributed by atoms with Crippen LogP contribution < -0.4 is 31.2 Å². The highest BCUT2D eigenvalue weighted by Gasteiger charge is 2.57. The van der Waals surface area contributed by atoms with E-state index in [-0.39, 0.29) is 45.6 Å². The molecule has 13 heteroatoms. The monoisotopic (exact) mass is 900 g/mol. The van der Waals surface area contributed by atoms with Gasteiger partial charge in [0.05, 0.1) is 36.9 Å². The van der Waals surface area contributed by atoms with E-state index in [9.17, 15) is 0 Å². The first kappa shape index (κ1) is 40.5. The molecule has 4 bridgehead atoms. The third-order valence-corrected chi connectivity index (χ3v) is 12.3. The van der Waals surface area contributed by atoms with Crippen LogP contribution >= 0.6 is 47.8 Å². The van der Waals surface area contributed by atoms with Crippen LogP contribution in [0, 0.1) is 0 Å². The van der Waals surface area contributed by atoms with Gasteiger partial charge in [-0.05, 0) is 85.6 Å². The average Bonchev–Trinajstić information content (AvgIpc) is 3.77. The summed E-state index contributed by atoms with van der Waals surface area (Å²) in [4.78, 5) is 19.1. The van der Waals surface area contributed by atoms with E-state index in [4.69, 9.17) is 20.9 Å². The molecule has 0 saturated carbocycles. The van der Waals surface area contributed by atoms with Crippen LogP contribution in [0.1, 0.15) is 96.9 Å². The third kappa shape index (κ3) is 7.63. The van der Waals surface area contributed by atoms with E-state index in [1.54, 1.807) is 18.6 Å². The molecule has 4 saturated heterocycles. The molecular formula is C39H51Br3N8O2. The molecule has 2 aromatic heterocycles. The molecule has 6 aliphatic rings. The van der Waals surface area contributed by atoms with E-state index < -0.39 is 0 Å². The van der Waals surface area contributed by atoms with Crippen molar-refractivity contribution in [1.82, 2.24) is 25.3 Å². The highest BCUT2D eigenvalue weighted by atomic mass is 79.9. The fraction of sp³-hybridized carbons (Fsp3) is 0.487. The van der Waals surface area contributed by atoms with Gasteiger partial charge in [0.15, 0.2) is 0 Å². The number of anilines is 1. The topological polar surface area (TPSA) is 137 Å². The highest BCUT2D eigenvalue weighted by Crippen LogP contribution is 2.54. The molecule has 0 aliphatic carbocycles. The molecule has 8 heterocycles. The molecule has 10 nitrogen and oxygen atoms in total. The number of piperidine rings is 2. The number of halogens is 3. The van der Waals surface area contributed by atoms with Crippen molar-refractivity contribution in [3.05, 3.63) is 98.3 Å². The van der Waals surface area contributed by atoms with E-state index in [0.717, 1.165) is 75.2 Å². The van der Waals surface area contributed by atoms with Crippen LogP contribution in [-0.4, -0.2) is 55.3 Å². The van der Waals surface area contributed by atoms with Crippen LogP contribution in [0.3, 0.4) is 0 Å². The number of para-hydroxylation sites is 2. The lowest BCUT2D eigenvalue weighted by Gasteiger charge is -2.46. The Morgan fingerprint density at radius 2 is 1.02 bits per heavy atom. The number of aromatic nitrogens is 4. The van der Waals surface area contributed by atoms with Crippen LogP contribution in [0.5, 0.6) is 11.5 Å². The predicted octanol–water partition coefficient (Wildman–Crippen LogP) is 8.84. The highest BCUT2D eigenvalue weighted by molar-refractivity contribution is 9.11. The van der Waals surface area contributed by atoms with Crippen LogP contribution in [0.25, 0.3) is 0 Å². The molecule has 4 aromatic rings. The Balaban J connectivity index is 0.000000164. The third-order valence-electron chi connectivity index (χ3n) is 11.0. The molecule has 5 N–H and O–H groups in total. The van der Waals surface area contributed by atoms with Gasteiger partial charge in [-0.25, -0.2) is 19.9 Å². The van der Waals surface area contributed by atoms with Gasteiger partial charge in [-0.1, -0.05) is 58.7 Å². The zero-order chi connectivity index (χ0) is 33.8. The van der Waals surface area contributed by atoms with E-state index >= 15 is 0 Å². The van der Waals surface area contributed by atoms with Gasteiger partial charge in [0, 0.05) is 61.0 Å². The standard InChI is InChI=1S/C18H19BrN4O.C14H18N2O.C4H2Br2N2.3CH4/c19-15-9-22-16(10-21-15)23-11-5-6-12(23)8-18(7-11)17(20)13-3-1-2-4-14(13)24-18;15-13-11-3-1-2-4-12(11)17-14(13)7-9-5-6-10(8-14)16-9;5-3-1-7-4(6)2-8-3;;;/h1-4,9-12,17H,5-8,20H2;1-4,9-10,13,16H,5-8,15H2;1-2H;3*1H4/t11-,12+,17-,18?;9-,10+,13-,14?;;;;/m11..../s1. The smallest absolute Gasteiger partial charge is 0.147 e. The summed E-state index contributed by atoms with van der Waals surface area (Å²) in [6.45, 7) is 0. The quantitative estimate of drug-likeness (QED) is 0.170. The first-order valence-corrected chi connectivity index (χ1v) is 19.3. The SMILES string of the molecule is Brc1cnc(Br)cn1.C.C.C.N[C@@H]1c2ccccc2OC12C[C@H]1CC[C@@H](C2)N1.N[C@@H]1c2ccccc2OC12C[C@H]1CC[C@@H](C2)N1c1cnc(Br)cn1. The molecule has 8 atom stereocenters. The lowest BCUT2D eigenvalue weighted by atomic mass is 9.79. The van der Waals surface area contributed by atoms with E-state index in [1.165, 1.54) is 18.4 Å². The minimum atomic E-state index is -0.269. The molecule has 2 aromatic carbocycles. The molecule has 2 unspecified atom stereocenters. The number of hydrogen-bond acceptors (Lipinski definition) is 10. The molecule has 6 aliphatic heterocycles. The second-order valence-corrected chi connectivity index (χ2v) is 16.4. The zero-order valence-electron chi connectivity index (χ0n) is 26.9. The summed E-state index contributed by atoms with van der Waals surface area (Å²) >= 11 is 9.66. The van der Waals surface area contributed by atoms with Crippen LogP contribution in [-0.2, 0) is 0 Å². The number of benzene rings is 2. The number of nitrogens with one attached hydrogen (secondary N) is 1. The van der Waals surface area contributed by atoms with Crippen molar-refractivity contribution in [2.75, 3.05) is 4.90 Å². The number of rotatable bonds is 1.